The van der Waals surface area contributed by atoms with Gasteiger partial charge in [0.2, 0.25) is 0 Å². The minimum Gasteiger partial charge on any atom is -0.456 e. The Morgan fingerprint density at radius 1 is 0.464 bits per heavy atom. The molecule has 0 spiro atoms. The molecule has 5 nitrogen and oxygen atoms in total. The first-order chi connectivity index (χ1) is 40.2. The van der Waals surface area contributed by atoms with Gasteiger partial charge in [-0.25, -0.2) is 0 Å². The smallest absolute Gasteiger partial charge is 0.141 e. The Kier molecular flexibility index (Phi) is 3.69. The standard InChI is InChI=1S/C51H43N3O2/c1-3-10-32(11-4-1)33-18-20-34(21-19-33)38-27-29-46-44(30-38)41-28-26-39(31-47(41)55-46)35-22-24-37(25-23-35)50-52-49(36-12-5-2-6-13-36)53-51(54-50)43-16-9-15-42-40-14-7-8-17-45(40)56-48(42)43/h1-21,26-31,35,37,49-54H,22-25H2/i1D,2D,3D,4D,5D,6D,7D,8D,9D,10D,11D,12D,13D,14D,15D,16D,17D,18D,19D,20D,21D,22D,23D,24D,25D,26D,27D,28D,29D,30D. The van der Waals surface area contributed by atoms with Crippen LogP contribution in [-0.2, 0) is 0 Å². The third-order valence-corrected chi connectivity index (χ3v) is 9.64. The van der Waals surface area contributed by atoms with Crippen molar-refractivity contribution in [3.63, 3.8) is 0 Å². The van der Waals surface area contributed by atoms with Gasteiger partial charge in [-0.2, -0.15) is 0 Å². The minimum absolute atomic E-state index is 0.262. The third-order valence-electron chi connectivity index (χ3n) is 9.64. The van der Waals surface area contributed by atoms with E-state index < -0.39 is 257 Å². The highest BCUT2D eigenvalue weighted by Gasteiger charge is 2.36. The summed E-state index contributed by atoms with van der Waals surface area (Å²) in [6.45, 7) is 0. The van der Waals surface area contributed by atoms with E-state index in [-0.39, 0.29) is 38.5 Å². The van der Waals surface area contributed by atoms with Crippen molar-refractivity contribution in [2.24, 2.45) is 5.92 Å². The van der Waals surface area contributed by atoms with Crippen LogP contribution in [0.4, 0.5) is 0 Å². The van der Waals surface area contributed by atoms with Crippen LogP contribution in [0.2, 0.25) is 0 Å². The maximum Gasteiger partial charge on any atom is 0.141 e. The zero-order valence-corrected chi connectivity index (χ0v) is 28.6. The Morgan fingerprint density at radius 2 is 1.11 bits per heavy atom. The molecule has 5 heteroatoms. The highest BCUT2D eigenvalue weighted by atomic mass is 16.3. The van der Waals surface area contributed by atoms with Crippen LogP contribution in [0.3, 0.4) is 0 Å². The van der Waals surface area contributed by atoms with E-state index in [1.807, 2.05) is 0 Å². The van der Waals surface area contributed by atoms with Crippen LogP contribution >= 0.6 is 0 Å². The lowest BCUT2D eigenvalue weighted by molar-refractivity contribution is 0.127. The van der Waals surface area contributed by atoms with Gasteiger partial charge in [-0.3, -0.25) is 16.0 Å². The predicted molar refractivity (Wildman–Crippen MR) is 228 cm³/mol. The van der Waals surface area contributed by atoms with E-state index in [0.717, 1.165) is 6.07 Å². The topological polar surface area (TPSA) is 62.4 Å². The first kappa shape index (κ1) is 14.8. The Morgan fingerprint density at radius 3 is 1.93 bits per heavy atom. The van der Waals surface area contributed by atoms with E-state index in [1.54, 1.807) is 0 Å². The quantitative estimate of drug-likeness (QED) is 0.158. The lowest BCUT2D eigenvalue weighted by atomic mass is 9.77. The van der Waals surface area contributed by atoms with Crippen LogP contribution in [0, 0.1) is 5.92 Å². The average Bonchev–Trinajstić information content (AvgIpc) is 2.23. The minimum atomic E-state index is -1.77. The fourth-order valence-corrected chi connectivity index (χ4v) is 6.95. The van der Waals surface area contributed by atoms with Crippen molar-refractivity contribution in [2.75, 3.05) is 0 Å². The van der Waals surface area contributed by atoms with Gasteiger partial charge in [0.05, 0.1) is 54.1 Å². The Balaban J connectivity index is 1.02. The van der Waals surface area contributed by atoms with Crippen molar-refractivity contribution < 1.29 is 50.0 Å². The summed E-state index contributed by atoms with van der Waals surface area (Å²) >= 11 is 0. The molecule has 9 aromatic rings. The normalized spacial score (nSPS) is 34.4. The summed E-state index contributed by atoms with van der Waals surface area (Å²) in [6, 6.07) is -18.9. The Hall–Kier alpha value is -5.98. The van der Waals surface area contributed by atoms with E-state index in [1.165, 1.54) is 0 Å². The number of hydrogen-bond donors (Lipinski definition) is 3. The molecule has 2 fully saturated rings. The van der Waals surface area contributed by atoms with Crippen LogP contribution < -0.4 is 16.0 Å². The first-order valence-corrected chi connectivity index (χ1v) is 17.3. The number of hydrogen-bond acceptors (Lipinski definition) is 5. The fraction of sp³-hybridized carbons (Fsp3) is 0.176. The maximum absolute atomic E-state index is 9.68. The van der Waals surface area contributed by atoms with Crippen molar-refractivity contribution >= 4 is 43.9 Å². The van der Waals surface area contributed by atoms with Gasteiger partial charge < -0.3 is 8.83 Å². The summed E-state index contributed by atoms with van der Waals surface area (Å²) in [7, 11) is 0. The largest absolute Gasteiger partial charge is 0.456 e. The van der Waals surface area contributed by atoms with Gasteiger partial charge >= 0.3 is 0 Å². The summed E-state index contributed by atoms with van der Waals surface area (Å²) in [5, 5.41) is 7.82. The van der Waals surface area contributed by atoms with Gasteiger partial charge in [0.15, 0.2) is 0 Å². The van der Waals surface area contributed by atoms with Gasteiger partial charge in [0, 0.05) is 32.6 Å². The molecular weight excluding hydrogens is 687 g/mol. The molecule has 1 saturated heterocycles. The molecule has 7 atom stereocenters. The summed E-state index contributed by atoms with van der Waals surface area (Å²) in [5.41, 5.74) is -5.32. The molecule has 1 saturated carbocycles. The highest BCUT2D eigenvalue weighted by Crippen LogP contribution is 2.42. The molecule has 0 amide bonds. The number of nitrogens with one attached hydrogen (secondary N) is 3. The van der Waals surface area contributed by atoms with Crippen LogP contribution in [0.1, 0.15) is 102 Å². The SMILES string of the molecule is [2H]c1c([2H])c([2H])c(-c2c([2H])c([2H])c(-c3c([2H])c([2H])c4oc5cc(C6C([2H])C([2H])C(C7NC(c8c([2H])c([2H])c([2H])c([2H])c8[2H])NC(c8c([2H])c([2H])c([2H])c9c8oc8c([2H])c([2H])c([2H])c([2H])c89)N7)C([2H])C6[2H])c([2H])c([2H])c5c4c3[2H])c([2H])c2[2H])c([2H])c1[2H]. The molecule has 3 heterocycles. The number of benzene rings is 7. The molecule has 2 aromatic heterocycles. The Bertz CT molecular complexity index is 4410. The number of para-hydroxylation sites is 2. The second-order valence-corrected chi connectivity index (χ2v) is 12.9. The average molecular weight is 760 g/mol. The molecule has 1 aliphatic carbocycles. The van der Waals surface area contributed by atoms with Crippen molar-refractivity contribution in [3.05, 3.63) is 180 Å². The van der Waals surface area contributed by atoms with Crippen molar-refractivity contribution in [2.45, 2.75) is 50.0 Å². The third kappa shape index (κ3) is 6.00. The molecule has 0 radical (unpaired) electrons. The van der Waals surface area contributed by atoms with Crippen molar-refractivity contribution in [1.29, 1.82) is 0 Å². The molecule has 3 N–H and O–H groups in total. The van der Waals surface area contributed by atoms with E-state index in [4.69, 9.17) is 39.0 Å². The molecule has 1 aliphatic heterocycles. The summed E-state index contributed by atoms with van der Waals surface area (Å²) in [5.74, 6) is -3.07. The summed E-state index contributed by atoms with van der Waals surface area (Å²) < 4.78 is 278. The van der Waals surface area contributed by atoms with E-state index in [0.29, 0.717) is 0 Å². The molecule has 56 heavy (non-hydrogen) atoms. The molecule has 11 rings (SSSR count). The van der Waals surface area contributed by atoms with Gasteiger partial charge in [0.1, 0.15) is 22.3 Å². The Labute approximate surface area is 368 Å². The van der Waals surface area contributed by atoms with Crippen molar-refractivity contribution in [1.82, 2.24) is 16.0 Å². The number of fused-ring (bicyclic) bond motifs is 6. The fourth-order valence-electron chi connectivity index (χ4n) is 6.95. The van der Waals surface area contributed by atoms with Gasteiger partial charge in [-0.15, -0.1) is 0 Å². The zero-order valence-electron chi connectivity index (χ0n) is 58.6. The van der Waals surface area contributed by atoms with Crippen LogP contribution in [-0.4, -0.2) is 6.17 Å². The van der Waals surface area contributed by atoms with Gasteiger partial charge in [-0.1, -0.05) is 139 Å². The van der Waals surface area contributed by atoms with Crippen LogP contribution in [0.5, 0.6) is 0 Å². The van der Waals surface area contributed by atoms with Gasteiger partial charge in [-0.05, 0) is 95.0 Å². The maximum atomic E-state index is 9.68. The van der Waals surface area contributed by atoms with Crippen LogP contribution in [0.15, 0.2) is 172 Å². The molecule has 7 aromatic carbocycles. The lowest BCUT2D eigenvalue weighted by Gasteiger charge is -2.44. The lowest BCUT2D eigenvalue weighted by Crippen LogP contribution is -2.61. The highest BCUT2D eigenvalue weighted by molar-refractivity contribution is 6.07. The zero-order chi connectivity index (χ0) is 63.1. The molecule has 7 unspecified atom stereocenters. The van der Waals surface area contributed by atoms with E-state index in [9.17, 15) is 11.0 Å². The van der Waals surface area contributed by atoms with E-state index >= 15 is 0 Å². The predicted octanol–water partition coefficient (Wildman–Crippen LogP) is 12.6. The second-order valence-electron chi connectivity index (χ2n) is 12.9. The monoisotopic (exact) mass is 760 g/mol. The number of furan rings is 2. The first-order valence-electron chi connectivity index (χ1n) is 32.6. The summed E-state index contributed by atoms with van der Waals surface area (Å²) in [6.07, 6.45) is -11.7. The van der Waals surface area contributed by atoms with Gasteiger partial charge in [0.25, 0.3) is 0 Å². The molecule has 274 valence electrons. The molecule has 2 aliphatic rings. The molecular formula is C51H43N3O2. The van der Waals surface area contributed by atoms with Crippen molar-refractivity contribution in [3.8, 4) is 22.3 Å². The summed E-state index contributed by atoms with van der Waals surface area (Å²) in [4.78, 5) is 0. The van der Waals surface area contributed by atoms with E-state index in [2.05, 4.69) is 16.0 Å². The van der Waals surface area contributed by atoms with Crippen LogP contribution in [0.25, 0.3) is 66.1 Å². The number of rotatable bonds is 6. The molecule has 0 bridgehead atoms. The second kappa shape index (κ2) is 13.9.